The van der Waals surface area contributed by atoms with Crippen LogP contribution in [0.3, 0.4) is 0 Å². The number of esters is 2. The van der Waals surface area contributed by atoms with Crippen molar-refractivity contribution in [1.29, 1.82) is 0 Å². The highest BCUT2D eigenvalue weighted by Crippen LogP contribution is 2.70. The lowest BCUT2D eigenvalue weighted by atomic mass is 9.42. The predicted octanol–water partition coefficient (Wildman–Crippen LogP) is 6.53. The van der Waals surface area contributed by atoms with Gasteiger partial charge in [-0.3, -0.25) is 14.4 Å². The molecular formula is C36H57NO9. The number of primary amides is 1. The molecule has 0 bridgehead atoms. The fourth-order valence-electron chi connectivity index (χ4n) is 11.5. The molecule has 0 aromatic carbocycles. The molecule has 10 nitrogen and oxygen atoms in total. The number of hydrogen-bond acceptors (Lipinski definition) is 9. The molecule has 260 valence electrons. The van der Waals surface area contributed by atoms with Gasteiger partial charge in [0.1, 0.15) is 12.2 Å². The lowest BCUT2D eigenvalue weighted by molar-refractivity contribution is -0.665. The van der Waals surface area contributed by atoms with Crippen LogP contribution in [0.15, 0.2) is 0 Å². The van der Waals surface area contributed by atoms with Gasteiger partial charge in [0.15, 0.2) is 0 Å². The Labute approximate surface area is 274 Å². The highest BCUT2D eigenvalue weighted by molar-refractivity contribution is 5.73. The van der Waals surface area contributed by atoms with Gasteiger partial charge in [0.25, 0.3) is 0 Å². The summed E-state index contributed by atoms with van der Waals surface area (Å²) in [5.74, 6) is -0.833. The Morgan fingerprint density at radius 2 is 1.50 bits per heavy atom. The second kappa shape index (κ2) is 12.6. The van der Waals surface area contributed by atoms with Crippen LogP contribution in [-0.2, 0) is 43.4 Å². The fourth-order valence-corrected chi connectivity index (χ4v) is 11.5. The third-order valence-corrected chi connectivity index (χ3v) is 14.1. The van der Waals surface area contributed by atoms with E-state index in [1.807, 2.05) is 0 Å². The van der Waals surface area contributed by atoms with Crippen molar-refractivity contribution in [1.82, 2.24) is 0 Å². The Bertz CT molecular complexity index is 1160. The number of rotatable bonds is 7. The van der Waals surface area contributed by atoms with Gasteiger partial charge in [-0.25, -0.2) is 0 Å². The van der Waals surface area contributed by atoms with Gasteiger partial charge in [-0.05, 0) is 92.3 Å². The standard InChI is InChI=1S/C36H57NO9/c1-7-24-12-14-35(15-13-24)43-45-36(46-44-35)17-16-33(5)25(20-36)18-29(41-22(3)38)32-27-10-9-26(21(2)8-11-31(37)40)34(27,6)30(19-28(32)33)42-23(4)39/h21,24-30,32H,7-20H2,1-6H3,(H2,37,40)/t21?,24?,25-,26-,27?,28?,29-,30+,32?,33+,34-,35?,36?/m1/s1. The first-order valence-electron chi connectivity index (χ1n) is 18.1. The number of fused-ring (bicyclic) bond motifs is 5. The van der Waals surface area contributed by atoms with Gasteiger partial charge in [-0.1, -0.05) is 34.1 Å². The van der Waals surface area contributed by atoms with Crippen molar-refractivity contribution in [3.63, 3.8) is 0 Å². The van der Waals surface area contributed by atoms with E-state index in [0.29, 0.717) is 44.4 Å². The third-order valence-electron chi connectivity index (χ3n) is 14.1. The molecule has 1 amide bonds. The molecular weight excluding hydrogens is 590 g/mol. The second-order valence-electron chi connectivity index (χ2n) is 16.5. The van der Waals surface area contributed by atoms with Crippen LogP contribution in [0.4, 0.5) is 0 Å². The number of carbonyl (C=O) groups is 3. The molecule has 1 heterocycles. The van der Waals surface area contributed by atoms with E-state index in [1.54, 1.807) is 0 Å². The molecule has 6 rings (SSSR count). The first-order valence-corrected chi connectivity index (χ1v) is 18.1. The zero-order chi connectivity index (χ0) is 33.1. The number of carbonyl (C=O) groups excluding carboxylic acids is 3. The molecule has 5 aliphatic carbocycles. The maximum Gasteiger partial charge on any atom is 0.302 e. The summed E-state index contributed by atoms with van der Waals surface area (Å²) < 4.78 is 12.5. The lowest BCUT2D eigenvalue weighted by Gasteiger charge is -2.65. The minimum Gasteiger partial charge on any atom is -0.462 e. The molecule has 0 aromatic rings. The minimum absolute atomic E-state index is 0.108. The summed E-state index contributed by atoms with van der Waals surface area (Å²) in [6, 6.07) is 0. The van der Waals surface area contributed by atoms with Crippen LogP contribution >= 0.6 is 0 Å². The van der Waals surface area contributed by atoms with Crippen LogP contribution < -0.4 is 5.73 Å². The molecule has 5 saturated carbocycles. The van der Waals surface area contributed by atoms with Crippen LogP contribution in [-0.4, -0.2) is 41.6 Å². The smallest absolute Gasteiger partial charge is 0.302 e. The Hall–Kier alpha value is -1.75. The van der Waals surface area contributed by atoms with Crippen LogP contribution in [0.5, 0.6) is 0 Å². The van der Waals surface area contributed by atoms with Crippen molar-refractivity contribution in [3.8, 4) is 0 Å². The van der Waals surface area contributed by atoms with E-state index in [2.05, 4.69) is 27.7 Å². The Balaban J connectivity index is 1.26. The van der Waals surface area contributed by atoms with Gasteiger partial charge in [0, 0.05) is 57.3 Å². The summed E-state index contributed by atoms with van der Waals surface area (Å²) in [7, 11) is 0. The Morgan fingerprint density at radius 1 is 0.848 bits per heavy atom. The van der Waals surface area contributed by atoms with E-state index in [4.69, 9.17) is 34.8 Å². The van der Waals surface area contributed by atoms with Gasteiger partial charge >= 0.3 is 11.9 Å². The Morgan fingerprint density at radius 3 is 2.11 bits per heavy atom. The monoisotopic (exact) mass is 647 g/mol. The lowest BCUT2D eigenvalue weighted by Crippen LogP contribution is -2.65. The molecule has 10 atom stereocenters. The summed E-state index contributed by atoms with van der Waals surface area (Å²) >= 11 is 0. The maximum atomic E-state index is 12.6. The topological polar surface area (TPSA) is 133 Å². The first-order chi connectivity index (χ1) is 21.7. The SMILES string of the molecule is CCC1CCC2(CC1)OOC1(CC[C@]3(C)C4C[C@H](OC(C)=O)[C@@]5(C)C(CC[C@@H]5C(C)CCC(N)=O)C4[C@H](OC(C)=O)C[C@@H]3C1)OO2. The molecule has 6 aliphatic rings. The van der Waals surface area contributed by atoms with E-state index >= 15 is 0 Å². The summed E-state index contributed by atoms with van der Waals surface area (Å²) in [6.45, 7) is 12.1. The average Bonchev–Trinajstić information content (AvgIpc) is 3.37. The summed E-state index contributed by atoms with van der Waals surface area (Å²) in [6.07, 6.45) is 10.6. The predicted molar refractivity (Wildman–Crippen MR) is 167 cm³/mol. The third kappa shape index (κ3) is 5.91. The normalized spacial score (nSPS) is 47.3. The van der Waals surface area contributed by atoms with Gasteiger partial charge in [0.05, 0.1) is 0 Å². The molecule has 4 unspecified atom stereocenters. The molecule has 46 heavy (non-hydrogen) atoms. The molecule has 2 N–H and O–H groups in total. The molecule has 10 heteroatoms. The van der Waals surface area contributed by atoms with E-state index in [0.717, 1.165) is 51.4 Å². The quantitative estimate of drug-likeness (QED) is 0.242. The minimum atomic E-state index is -1.00. The number of ether oxygens (including phenoxy) is 2. The van der Waals surface area contributed by atoms with Crippen molar-refractivity contribution >= 4 is 17.8 Å². The van der Waals surface area contributed by atoms with E-state index in [9.17, 15) is 14.4 Å². The highest BCUT2D eigenvalue weighted by atomic mass is 17.4. The summed E-state index contributed by atoms with van der Waals surface area (Å²) in [5.41, 5.74) is 5.12. The number of hydrogen-bond donors (Lipinski definition) is 1. The van der Waals surface area contributed by atoms with Gasteiger partial charge in [-0.15, -0.1) is 0 Å². The molecule has 0 aromatic heterocycles. The summed E-state index contributed by atoms with van der Waals surface area (Å²) in [5, 5.41) is 0. The van der Waals surface area contributed by atoms with Crippen LogP contribution in [0.1, 0.15) is 131 Å². The van der Waals surface area contributed by atoms with E-state index in [-0.39, 0.29) is 76.4 Å². The molecule has 0 radical (unpaired) electrons. The molecule has 1 saturated heterocycles. The van der Waals surface area contributed by atoms with Crippen LogP contribution in [0.2, 0.25) is 0 Å². The van der Waals surface area contributed by atoms with Crippen LogP contribution in [0, 0.1) is 52.3 Å². The van der Waals surface area contributed by atoms with Crippen molar-refractivity contribution < 1.29 is 43.4 Å². The van der Waals surface area contributed by atoms with Crippen molar-refractivity contribution in [3.05, 3.63) is 0 Å². The first kappa shape index (κ1) is 34.1. The number of nitrogens with two attached hydrogens (primary N) is 1. The molecule has 6 fully saturated rings. The second-order valence-corrected chi connectivity index (χ2v) is 16.5. The largest absolute Gasteiger partial charge is 0.462 e. The summed E-state index contributed by atoms with van der Waals surface area (Å²) in [4.78, 5) is 61.5. The zero-order valence-electron chi connectivity index (χ0n) is 28.8. The van der Waals surface area contributed by atoms with E-state index < -0.39 is 11.6 Å². The fraction of sp³-hybridized carbons (Fsp3) is 0.917. The van der Waals surface area contributed by atoms with E-state index in [1.165, 1.54) is 13.8 Å². The van der Waals surface area contributed by atoms with Gasteiger partial charge in [-0.2, -0.15) is 19.6 Å². The Kier molecular flexibility index (Phi) is 9.35. The van der Waals surface area contributed by atoms with Gasteiger partial charge < -0.3 is 15.2 Å². The van der Waals surface area contributed by atoms with Gasteiger partial charge in [0.2, 0.25) is 17.5 Å². The molecule has 2 spiro atoms. The zero-order valence-corrected chi connectivity index (χ0v) is 28.8. The average molecular weight is 648 g/mol. The van der Waals surface area contributed by atoms with Crippen molar-refractivity contribution in [2.24, 2.45) is 58.0 Å². The highest BCUT2D eigenvalue weighted by Gasteiger charge is 2.69. The van der Waals surface area contributed by atoms with Crippen LogP contribution in [0.25, 0.3) is 0 Å². The molecule has 1 aliphatic heterocycles. The maximum absolute atomic E-state index is 12.6. The van der Waals surface area contributed by atoms with Crippen molar-refractivity contribution in [2.75, 3.05) is 0 Å². The van der Waals surface area contributed by atoms with Crippen molar-refractivity contribution in [2.45, 2.75) is 155 Å². The number of amides is 1.